The fraction of sp³-hybridized carbons (Fsp3) is 0.714. The summed E-state index contributed by atoms with van der Waals surface area (Å²) in [7, 11) is 0. The molecule has 3 heteroatoms. The smallest absolute Gasteiger partial charge is 0.0612 e. The van der Waals surface area contributed by atoms with E-state index >= 15 is 0 Å². The zero-order chi connectivity index (χ0) is 7.23. The van der Waals surface area contributed by atoms with Gasteiger partial charge in [0.25, 0.3) is 0 Å². The molecule has 0 radical (unpaired) electrons. The quantitative estimate of drug-likeness (QED) is 0.431. The first kappa shape index (κ1) is 7.93. The third-order valence-corrected chi connectivity index (χ3v) is 1.64. The number of thiol groups is 1. The summed E-state index contributed by atoms with van der Waals surface area (Å²) in [4.78, 5) is 2.26. The van der Waals surface area contributed by atoms with Crippen LogP contribution in [0.15, 0.2) is 0 Å². The molecule has 0 aromatic heterocycles. The highest BCUT2D eigenvalue weighted by molar-refractivity contribution is 7.85. The van der Waals surface area contributed by atoms with E-state index in [1.165, 1.54) is 0 Å². The van der Waals surface area contributed by atoms with Gasteiger partial charge in [0.05, 0.1) is 19.8 Å². The Hall–Kier alpha value is -0.170. The number of hydrogen-bond acceptors (Lipinski definition) is 3. The average Bonchev–Trinajstić information content (AvgIpc) is 2.03. The largest absolute Gasteiger partial charge is 0.379 e. The highest BCUT2D eigenvalue weighted by Crippen LogP contribution is 1.94. The second kappa shape index (κ2) is 4.62. The fourth-order valence-corrected chi connectivity index (χ4v) is 0.977. The van der Waals surface area contributed by atoms with Crippen molar-refractivity contribution in [2.45, 2.75) is 0 Å². The van der Waals surface area contributed by atoms with Crippen LogP contribution in [0.3, 0.4) is 0 Å². The van der Waals surface area contributed by atoms with Gasteiger partial charge in [-0.25, -0.2) is 0 Å². The molecule has 0 aromatic rings. The molecule has 1 heterocycles. The van der Waals surface area contributed by atoms with Gasteiger partial charge in [-0.3, -0.25) is 4.90 Å². The van der Waals surface area contributed by atoms with E-state index in [1.54, 1.807) is 0 Å². The Bertz CT molecular complexity index is 143. The van der Waals surface area contributed by atoms with Crippen molar-refractivity contribution in [2.24, 2.45) is 0 Å². The van der Waals surface area contributed by atoms with Crippen molar-refractivity contribution in [3.8, 4) is 11.2 Å². The minimum absolute atomic E-state index is 0.826. The summed E-state index contributed by atoms with van der Waals surface area (Å²) in [5.41, 5.74) is 0. The van der Waals surface area contributed by atoms with Gasteiger partial charge in [-0.15, -0.1) is 0 Å². The highest BCUT2D eigenvalue weighted by Gasteiger charge is 2.07. The van der Waals surface area contributed by atoms with Gasteiger partial charge in [0, 0.05) is 13.1 Å². The summed E-state index contributed by atoms with van der Waals surface area (Å²) < 4.78 is 5.17. The molecule has 1 rings (SSSR count). The van der Waals surface area contributed by atoms with Crippen LogP contribution < -0.4 is 0 Å². The zero-order valence-electron chi connectivity index (χ0n) is 5.84. The maximum absolute atomic E-state index is 5.17. The summed E-state index contributed by atoms with van der Waals surface area (Å²) in [6.45, 7) is 4.51. The lowest BCUT2D eigenvalue weighted by Crippen LogP contribution is -2.36. The van der Waals surface area contributed by atoms with E-state index in [-0.39, 0.29) is 0 Å². The van der Waals surface area contributed by atoms with Crippen LogP contribution in [0, 0.1) is 11.2 Å². The van der Waals surface area contributed by atoms with E-state index < -0.39 is 0 Å². The Morgan fingerprint density at radius 1 is 1.40 bits per heavy atom. The number of ether oxygens (including phenoxy) is 1. The van der Waals surface area contributed by atoms with Crippen LogP contribution in [0.1, 0.15) is 0 Å². The molecule has 0 spiro atoms. The van der Waals surface area contributed by atoms with E-state index in [9.17, 15) is 0 Å². The monoisotopic (exact) mass is 157 g/mol. The van der Waals surface area contributed by atoms with Crippen molar-refractivity contribution >= 4 is 12.6 Å². The van der Waals surface area contributed by atoms with Crippen molar-refractivity contribution in [1.82, 2.24) is 4.90 Å². The van der Waals surface area contributed by atoms with Crippen LogP contribution in [0.2, 0.25) is 0 Å². The Balaban J connectivity index is 2.17. The summed E-state index contributed by atoms with van der Waals surface area (Å²) in [5.74, 6) is 2.90. The van der Waals surface area contributed by atoms with E-state index in [0.717, 1.165) is 32.8 Å². The molecule has 1 aliphatic heterocycles. The SMILES string of the molecule is SC#CCN1CCOCC1. The second-order valence-corrected chi connectivity index (χ2v) is 2.40. The maximum atomic E-state index is 5.17. The summed E-state index contributed by atoms with van der Waals surface area (Å²) in [6.07, 6.45) is 0. The van der Waals surface area contributed by atoms with Crippen LogP contribution in [0.25, 0.3) is 0 Å². The molecule has 0 amide bonds. The number of morpholine rings is 1. The molecule has 1 fully saturated rings. The molecule has 10 heavy (non-hydrogen) atoms. The van der Waals surface area contributed by atoms with Gasteiger partial charge < -0.3 is 4.74 Å². The number of hydrogen-bond donors (Lipinski definition) is 1. The molecular formula is C7H11NOS. The van der Waals surface area contributed by atoms with Gasteiger partial charge in [0.2, 0.25) is 0 Å². The van der Waals surface area contributed by atoms with E-state index in [1.807, 2.05) is 0 Å². The first-order chi connectivity index (χ1) is 4.93. The third kappa shape index (κ3) is 2.61. The van der Waals surface area contributed by atoms with E-state index in [0.29, 0.717) is 0 Å². The predicted molar refractivity (Wildman–Crippen MR) is 44.0 cm³/mol. The lowest BCUT2D eigenvalue weighted by molar-refractivity contribution is 0.0443. The first-order valence-corrected chi connectivity index (χ1v) is 3.80. The van der Waals surface area contributed by atoms with Crippen LogP contribution in [0.4, 0.5) is 0 Å². The van der Waals surface area contributed by atoms with Crippen LogP contribution in [0.5, 0.6) is 0 Å². The normalized spacial score (nSPS) is 19.7. The number of nitrogens with zero attached hydrogens (tertiary/aromatic N) is 1. The van der Waals surface area contributed by atoms with Gasteiger partial charge in [-0.2, -0.15) is 0 Å². The second-order valence-electron chi connectivity index (χ2n) is 2.18. The standard InChI is InChI=1S/C7H11NOS/c10-7-1-2-8-3-5-9-6-4-8/h10H,2-6H2. The Morgan fingerprint density at radius 3 is 2.70 bits per heavy atom. The summed E-state index contributed by atoms with van der Waals surface area (Å²) in [5, 5.41) is 2.58. The van der Waals surface area contributed by atoms with Crippen molar-refractivity contribution in [1.29, 1.82) is 0 Å². The molecular weight excluding hydrogens is 146 g/mol. The molecule has 1 aliphatic rings. The minimum Gasteiger partial charge on any atom is -0.379 e. The van der Waals surface area contributed by atoms with Gasteiger partial charge in [-0.1, -0.05) is 18.5 Å². The lowest BCUT2D eigenvalue weighted by atomic mass is 10.4. The molecule has 0 unspecified atom stereocenters. The van der Waals surface area contributed by atoms with Crippen molar-refractivity contribution < 1.29 is 4.74 Å². The average molecular weight is 157 g/mol. The topological polar surface area (TPSA) is 12.5 Å². The molecule has 56 valence electrons. The molecule has 0 saturated carbocycles. The number of rotatable bonds is 1. The molecule has 0 aliphatic carbocycles. The highest BCUT2D eigenvalue weighted by atomic mass is 32.1. The summed E-state index contributed by atoms with van der Waals surface area (Å²) in [6, 6.07) is 0. The first-order valence-electron chi connectivity index (χ1n) is 3.35. The minimum atomic E-state index is 0.826. The van der Waals surface area contributed by atoms with Crippen molar-refractivity contribution in [2.75, 3.05) is 32.8 Å². The molecule has 2 nitrogen and oxygen atoms in total. The summed E-state index contributed by atoms with van der Waals surface area (Å²) >= 11 is 3.80. The molecule has 0 N–H and O–H groups in total. The fourth-order valence-electron chi connectivity index (χ4n) is 0.906. The van der Waals surface area contributed by atoms with Crippen molar-refractivity contribution in [3.63, 3.8) is 0 Å². The van der Waals surface area contributed by atoms with Crippen molar-refractivity contribution in [3.05, 3.63) is 0 Å². The Morgan fingerprint density at radius 2 is 2.10 bits per heavy atom. The third-order valence-electron chi connectivity index (χ3n) is 1.49. The Kier molecular flexibility index (Phi) is 3.66. The van der Waals surface area contributed by atoms with Crippen LogP contribution >= 0.6 is 12.6 Å². The molecule has 0 bridgehead atoms. The van der Waals surface area contributed by atoms with Gasteiger partial charge in [-0.05, 0) is 5.25 Å². The van der Waals surface area contributed by atoms with Crippen LogP contribution in [-0.4, -0.2) is 37.7 Å². The molecule has 0 atom stereocenters. The van der Waals surface area contributed by atoms with E-state index in [4.69, 9.17) is 4.74 Å². The van der Waals surface area contributed by atoms with Crippen LogP contribution in [-0.2, 0) is 4.74 Å². The van der Waals surface area contributed by atoms with Gasteiger partial charge >= 0.3 is 0 Å². The van der Waals surface area contributed by atoms with Gasteiger partial charge in [0.1, 0.15) is 0 Å². The lowest BCUT2D eigenvalue weighted by Gasteiger charge is -2.24. The van der Waals surface area contributed by atoms with Gasteiger partial charge in [0.15, 0.2) is 0 Å². The maximum Gasteiger partial charge on any atom is 0.0612 e. The predicted octanol–water partition coefficient (Wildman–Crippen LogP) is 0.209. The zero-order valence-corrected chi connectivity index (χ0v) is 6.73. The molecule has 1 saturated heterocycles. The van der Waals surface area contributed by atoms with E-state index in [2.05, 4.69) is 28.7 Å². The Labute approximate surface area is 67.0 Å². The molecule has 0 aromatic carbocycles.